The third kappa shape index (κ3) is 2.29. The molecule has 21 heavy (non-hydrogen) atoms. The molecule has 2 N–H and O–H groups in total. The zero-order chi connectivity index (χ0) is 14.4. The summed E-state index contributed by atoms with van der Waals surface area (Å²) in [5, 5.41) is 1.06. The molecular weight excluding hydrogens is 262 g/mol. The maximum atomic E-state index is 12.6. The van der Waals surface area contributed by atoms with Crippen LogP contribution in [0.5, 0.6) is 0 Å². The summed E-state index contributed by atoms with van der Waals surface area (Å²) in [5.41, 5.74) is 7.59. The fourth-order valence-corrected chi connectivity index (χ4v) is 3.39. The summed E-state index contributed by atoms with van der Waals surface area (Å²) >= 11 is 0. The highest BCUT2D eigenvalue weighted by Crippen LogP contribution is 2.41. The van der Waals surface area contributed by atoms with Crippen molar-refractivity contribution in [3.05, 3.63) is 42.1 Å². The van der Waals surface area contributed by atoms with Gasteiger partial charge in [0, 0.05) is 24.5 Å². The minimum atomic E-state index is 0.0133. The number of para-hydroxylation sites is 1. The second-order valence-corrected chi connectivity index (χ2v) is 6.26. The molecule has 1 aromatic carbocycles. The third-order valence-electron chi connectivity index (χ3n) is 4.74. The molecule has 2 aliphatic rings. The largest absolute Gasteiger partial charge is 0.335 e. The van der Waals surface area contributed by atoms with E-state index in [9.17, 15) is 4.79 Å². The van der Waals surface area contributed by atoms with Crippen LogP contribution in [0.1, 0.15) is 23.3 Å². The van der Waals surface area contributed by atoms with Crippen molar-refractivity contribution in [1.82, 2.24) is 9.88 Å². The molecule has 0 bridgehead atoms. The highest BCUT2D eigenvalue weighted by atomic mass is 16.2. The van der Waals surface area contributed by atoms with E-state index in [4.69, 9.17) is 5.73 Å². The van der Waals surface area contributed by atoms with E-state index in [1.165, 1.54) is 12.8 Å². The Balaban J connectivity index is 1.58. The van der Waals surface area contributed by atoms with Crippen LogP contribution in [0, 0.1) is 11.8 Å². The summed E-state index contributed by atoms with van der Waals surface area (Å²) in [6.45, 7) is 1.45. The molecule has 0 radical (unpaired) electrons. The van der Waals surface area contributed by atoms with Gasteiger partial charge in [0.05, 0.1) is 5.52 Å². The number of hydrogen-bond donors (Lipinski definition) is 1. The molecule has 4 nitrogen and oxygen atoms in total. The molecule has 1 aliphatic heterocycles. The van der Waals surface area contributed by atoms with Crippen LogP contribution in [0.15, 0.2) is 36.4 Å². The number of fused-ring (bicyclic) bond motifs is 1. The number of pyridine rings is 1. The fourth-order valence-electron chi connectivity index (χ4n) is 3.39. The minimum absolute atomic E-state index is 0.0133. The van der Waals surface area contributed by atoms with Crippen molar-refractivity contribution in [2.45, 2.75) is 18.9 Å². The first-order chi connectivity index (χ1) is 10.2. The van der Waals surface area contributed by atoms with Crippen molar-refractivity contribution >= 4 is 16.8 Å². The summed E-state index contributed by atoms with van der Waals surface area (Å²) in [5.74, 6) is 1.23. The summed E-state index contributed by atoms with van der Waals surface area (Å²) in [6, 6.07) is 11.8. The molecule has 4 rings (SSSR count). The van der Waals surface area contributed by atoms with Gasteiger partial charge in [0.2, 0.25) is 0 Å². The quantitative estimate of drug-likeness (QED) is 0.916. The van der Waals surface area contributed by atoms with Gasteiger partial charge in [-0.3, -0.25) is 4.79 Å². The number of nitrogens with zero attached hydrogens (tertiary/aromatic N) is 2. The Bertz CT molecular complexity index is 695. The molecule has 1 saturated heterocycles. The molecule has 0 unspecified atom stereocenters. The lowest BCUT2D eigenvalue weighted by Crippen LogP contribution is -2.32. The number of hydrogen-bond acceptors (Lipinski definition) is 3. The maximum Gasteiger partial charge on any atom is 0.272 e. The lowest BCUT2D eigenvalue weighted by atomic mass is 9.99. The van der Waals surface area contributed by atoms with Gasteiger partial charge in [-0.15, -0.1) is 0 Å². The monoisotopic (exact) mass is 281 g/mol. The van der Waals surface area contributed by atoms with Gasteiger partial charge >= 0.3 is 0 Å². The zero-order valence-electron chi connectivity index (χ0n) is 11.9. The molecule has 2 aromatic rings. The molecule has 108 valence electrons. The van der Waals surface area contributed by atoms with Crippen molar-refractivity contribution < 1.29 is 4.79 Å². The van der Waals surface area contributed by atoms with Crippen molar-refractivity contribution in [3.8, 4) is 0 Å². The number of rotatable bonds is 2. The molecule has 2 heterocycles. The van der Waals surface area contributed by atoms with Crippen molar-refractivity contribution in [2.75, 3.05) is 13.1 Å². The van der Waals surface area contributed by atoms with Crippen molar-refractivity contribution in [2.24, 2.45) is 17.6 Å². The molecule has 1 amide bonds. The molecule has 1 saturated carbocycles. The van der Waals surface area contributed by atoms with E-state index in [0.29, 0.717) is 18.2 Å². The molecular formula is C17H19N3O. The Morgan fingerprint density at radius 1 is 1.14 bits per heavy atom. The highest BCUT2D eigenvalue weighted by Gasteiger charge is 2.42. The standard InChI is InChI=1S/C17H19N3O/c18-14-10-20(9-13(14)11-5-6-11)17(21)16-8-7-12-3-1-2-4-15(12)19-16/h1-4,7-8,11,13-14H,5-6,9-10,18H2/t13-,14+/m1/s1. The van der Waals surface area contributed by atoms with Gasteiger partial charge < -0.3 is 10.6 Å². The minimum Gasteiger partial charge on any atom is -0.335 e. The molecule has 2 atom stereocenters. The van der Waals surface area contributed by atoms with Gasteiger partial charge in [0.15, 0.2) is 0 Å². The van der Waals surface area contributed by atoms with Crippen molar-refractivity contribution in [1.29, 1.82) is 0 Å². The maximum absolute atomic E-state index is 12.6. The van der Waals surface area contributed by atoms with Crippen LogP contribution in [0.25, 0.3) is 10.9 Å². The summed E-state index contributed by atoms with van der Waals surface area (Å²) in [7, 11) is 0. The van der Waals surface area contributed by atoms with E-state index >= 15 is 0 Å². The second-order valence-electron chi connectivity index (χ2n) is 6.26. The van der Waals surface area contributed by atoms with E-state index in [0.717, 1.165) is 23.4 Å². The molecule has 2 fully saturated rings. The fraction of sp³-hybridized carbons (Fsp3) is 0.412. The Morgan fingerprint density at radius 2 is 1.95 bits per heavy atom. The third-order valence-corrected chi connectivity index (χ3v) is 4.74. The predicted octanol–water partition coefficient (Wildman–Crippen LogP) is 2.04. The van der Waals surface area contributed by atoms with Gasteiger partial charge in [-0.1, -0.05) is 24.3 Å². The molecule has 1 aliphatic carbocycles. The number of aromatic nitrogens is 1. The normalized spacial score (nSPS) is 25.5. The predicted molar refractivity (Wildman–Crippen MR) is 81.8 cm³/mol. The van der Waals surface area contributed by atoms with Gasteiger partial charge in [-0.2, -0.15) is 0 Å². The summed E-state index contributed by atoms with van der Waals surface area (Å²) in [6.07, 6.45) is 2.54. The van der Waals surface area contributed by atoms with Crippen LogP contribution in [0.2, 0.25) is 0 Å². The van der Waals surface area contributed by atoms with E-state index in [1.807, 2.05) is 41.3 Å². The van der Waals surface area contributed by atoms with E-state index in [2.05, 4.69) is 4.98 Å². The Kier molecular flexibility index (Phi) is 2.93. The molecule has 0 spiro atoms. The van der Waals surface area contributed by atoms with Gasteiger partial charge in [-0.05, 0) is 36.8 Å². The first-order valence-corrected chi connectivity index (χ1v) is 7.63. The highest BCUT2D eigenvalue weighted by molar-refractivity contribution is 5.95. The zero-order valence-corrected chi connectivity index (χ0v) is 11.9. The second kappa shape index (κ2) is 4.81. The van der Waals surface area contributed by atoms with E-state index in [-0.39, 0.29) is 11.9 Å². The van der Waals surface area contributed by atoms with Gasteiger partial charge in [0.1, 0.15) is 5.69 Å². The summed E-state index contributed by atoms with van der Waals surface area (Å²) in [4.78, 5) is 19.0. The number of amides is 1. The van der Waals surface area contributed by atoms with Crippen LogP contribution >= 0.6 is 0 Å². The number of carbonyl (C=O) groups excluding carboxylic acids is 1. The molecule has 4 heteroatoms. The van der Waals surface area contributed by atoms with Crippen molar-refractivity contribution in [3.63, 3.8) is 0 Å². The number of carbonyl (C=O) groups is 1. The van der Waals surface area contributed by atoms with Crippen LogP contribution in [0.4, 0.5) is 0 Å². The van der Waals surface area contributed by atoms with Crippen LogP contribution in [-0.2, 0) is 0 Å². The van der Waals surface area contributed by atoms with Crippen LogP contribution < -0.4 is 5.73 Å². The Labute approximate surface area is 124 Å². The Hall–Kier alpha value is -1.94. The topological polar surface area (TPSA) is 59.2 Å². The average molecular weight is 281 g/mol. The summed E-state index contributed by atoms with van der Waals surface area (Å²) < 4.78 is 0. The number of benzene rings is 1. The van der Waals surface area contributed by atoms with Crippen LogP contribution in [0.3, 0.4) is 0 Å². The average Bonchev–Trinajstić information content (AvgIpc) is 3.28. The first kappa shape index (κ1) is 12.8. The lowest BCUT2D eigenvalue weighted by molar-refractivity contribution is 0.0779. The number of likely N-dealkylation sites (tertiary alicyclic amines) is 1. The first-order valence-electron chi connectivity index (χ1n) is 7.63. The van der Waals surface area contributed by atoms with Gasteiger partial charge in [-0.25, -0.2) is 4.98 Å². The lowest BCUT2D eigenvalue weighted by Gasteiger charge is -2.16. The van der Waals surface area contributed by atoms with E-state index < -0.39 is 0 Å². The van der Waals surface area contributed by atoms with Gasteiger partial charge in [0.25, 0.3) is 5.91 Å². The number of nitrogens with two attached hydrogens (primary N) is 1. The van der Waals surface area contributed by atoms with Crippen LogP contribution in [-0.4, -0.2) is 34.9 Å². The Morgan fingerprint density at radius 3 is 2.76 bits per heavy atom. The van der Waals surface area contributed by atoms with E-state index in [1.54, 1.807) is 0 Å². The smallest absolute Gasteiger partial charge is 0.272 e. The SMILES string of the molecule is N[C@H]1CN(C(=O)c2ccc3ccccc3n2)C[C@@H]1C1CC1. The molecule has 1 aromatic heterocycles.